The van der Waals surface area contributed by atoms with Gasteiger partial charge >= 0.3 is 0 Å². The van der Waals surface area contributed by atoms with E-state index < -0.39 is 17.8 Å². The second-order valence-corrected chi connectivity index (χ2v) is 8.11. The number of hydrogen-bond acceptors (Lipinski definition) is 4. The lowest BCUT2D eigenvalue weighted by atomic mass is 10.0. The highest BCUT2D eigenvalue weighted by atomic mass is 32.1. The Morgan fingerprint density at radius 3 is 2.44 bits per heavy atom. The van der Waals surface area contributed by atoms with Crippen LogP contribution in [-0.2, 0) is 22.6 Å². The van der Waals surface area contributed by atoms with E-state index in [9.17, 15) is 14.0 Å². The first kappa shape index (κ1) is 21.5. The van der Waals surface area contributed by atoms with E-state index in [4.69, 9.17) is 4.42 Å². The number of thiophene rings is 1. The molecule has 1 N–H and O–H groups in total. The molecule has 0 aliphatic heterocycles. The van der Waals surface area contributed by atoms with Crippen molar-refractivity contribution in [1.82, 2.24) is 5.32 Å². The number of nitrogens with one attached hydrogen (secondary N) is 1. The third-order valence-corrected chi connectivity index (χ3v) is 5.80. The van der Waals surface area contributed by atoms with E-state index in [2.05, 4.69) is 5.32 Å². The Balaban J connectivity index is 1.74. The van der Waals surface area contributed by atoms with Crippen molar-refractivity contribution in [2.75, 3.05) is 4.90 Å². The van der Waals surface area contributed by atoms with Crippen molar-refractivity contribution in [3.05, 3.63) is 113 Å². The molecule has 162 valence electrons. The molecule has 2 amide bonds. The van der Waals surface area contributed by atoms with Gasteiger partial charge in [0.1, 0.15) is 17.6 Å². The minimum absolute atomic E-state index is 0.0519. The van der Waals surface area contributed by atoms with Gasteiger partial charge in [0.2, 0.25) is 11.8 Å². The molecular formula is C25H21FN2O3S. The zero-order chi connectivity index (χ0) is 22.3. The Morgan fingerprint density at radius 1 is 0.969 bits per heavy atom. The highest BCUT2D eigenvalue weighted by Gasteiger charge is 2.34. The molecule has 0 bridgehead atoms. The lowest BCUT2D eigenvalue weighted by Crippen LogP contribution is -2.44. The predicted octanol–water partition coefficient (Wildman–Crippen LogP) is 5.11. The number of carbonyl (C=O) groups excluding carboxylic acids is 2. The summed E-state index contributed by atoms with van der Waals surface area (Å²) in [6, 6.07) is 21.0. The van der Waals surface area contributed by atoms with Crippen LogP contribution in [0.1, 0.15) is 22.2 Å². The van der Waals surface area contributed by atoms with Crippen molar-refractivity contribution >= 4 is 28.8 Å². The molecule has 0 aliphatic carbocycles. The molecule has 0 fully saturated rings. The fourth-order valence-corrected chi connectivity index (χ4v) is 4.14. The van der Waals surface area contributed by atoms with Crippen LogP contribution < -0.4 is 10.2 Å². The van der Waals surface area contributed by atoms with E-state index in [-0.39, 0.29) is 24.6 Å². The molecule has 0 unspecified atom stereocenters. The van der Waals surface area contributed by atoms with Crippen LogP contribution in [0.25, 0.3) is 0 Å². The number of para-hydroxylation sites is 1. The lowest BCUT2D eigenvalue weighted by Gasteiger charge is -2.31. The average molecular weight is 449 g/mol. The van der Waals surface area contributed by atoms with Crippen molar-refractivity contribution in [2.45, 2.75) is 19.0 Å². The first-order chi connectivity index (χ1) is 15.6. The Bertz CT molecular complexity index is 1160. The molecule has 2 aromatic heterocycles. The highest BCUT2D eigenvalue weighted by molar-refractivity contribution is 7.10. The van der Waals surface area contributed by atoms with Crippen LogP contribution in [0.4, 0.5) is 10.1 Å². The van der Waals surface area contributed by atoms with E-state index in [0.29, 0.717) is 11.3 Å². The van der Waals surface area contributed by atoms with Crippen LogP contribution in [0.5, 0.6) is 0 Å². The number of anilines is 1. The summed E-state index contributed by atoms with van der Waals surface area (Å²) in [5.41, 5.74) is 0.628. The van der Waals surface area contributed by atoms with Gasteiger partial charge < -0.3 is 9.73 Å². The summed E-state index contributed by atoms with van der Waals surface area (Å²) in [6.45, 7) is 0.152. The van der Waals surface area contributed by atoms with Gasteiger partial charge in [-0.2, -0.15) is 0 Å². The fraction of sp³-hybridized carbons (Fsp3) is 0.120. The summed E-state index contributed by atoms with van der Waals surface area (Å²) < 4.78 is 20.2. The molecule has 0 spiro atoms. The van der Waals surface area contributed by atoms with E-state index in [1.165, 1.54) is 34.6 Å². The van der Waals surface area contributed by atoms with E-state index >= 15 is 0 Å². The first-order valence-corrected chi connectivity index (χ1v) is 11.0. The topological polar surface area (TPSA) is 62.6 Å². The molecule has 2 heterocycles. The fourth-order valence-electron chi connectivity index (χ4n) is 3.45. The zero-order valence-electron chi connectivity index (χ0n) is 17.1. The van der Waals surface area contributed by atoms with Crippen LogP contribution in [0, 0.1) is 5.82 Å². The number of benzene rings is 2. The maximum atomic E-state index is 14.9. The summed E-state index contributed by atoms with van der Waals surface area (Å²) in [5, 5.41) is 4.70. The number of furan rings is 1. The van der Waals surface area contributed by atoms with Gasteiger partial charge in [-0.3, -0.25) is 14.5 Å². The third-order valence-electron chi connectivity index (χ3n) is 4.93. The number of rotatable bonds is 8. The Labute approximate surface area is 189 Å². The summed E-state index contributed by atoms with van der Waals surface area (Å²) >= 11 is 1.44. The van der Waals surface area contributed by atoms with Gasteiger partial charge in [0.25, 0.3) is 0 Å². The summed E-state index contributed by atoms with van der Waals surface area (Å²) in [7, 11) is 0. The largest absolute Gasteiger partial charge is 0.467 e. The maximum absolute atomic E-state index is 14.9. The van der Waals surface area contributed by atoms with Crippen molar-refractivity contribution in [3.8, 4) is 0 Å². The minimum atomic E-state index is -1.06. The Morgan fingerprint density at radius 2 is 1.75 bits per heavy atom. The van der Waals surface area contributed by atoms with E-state index in [1.54, 1.807) is 48.5 Å². The molecule has 0 radical (unpaired) electrons. The molecule has 0 aliphatic rings. The van der Waals surface area contributed by atoms with Gasteiger partial charge in [-0.1, -0.05) is 48.5 Å². The van der Waals surface area contributed by atoms with Gasteiger partial charge in [0.15, 0.2) is 0 Å². The van der Waals surface area contributed by atoms with Crippen molar-refractivity contribution in [1.29, 1.82) is 0 Å². The van der Waals surface area contributed by atoms with E-state index in [0.717, 1.165) is 4.88 Å². The molecule has 1 atom stereocenters. The van der Waals surface area contributed by atoms with Crippen LogP contribution in [0.2, 0.25) is 0 Å². The molecule has 0 saturated carbocycles. The molecule has 2 aromatic carbocycles. The average Bonchev–Trinajstić information content (AvgIpc) is 3.51. The molecule has 32 heavy (non-hydrogen) atoms. The zero-order valence-corrected chi connectivity index (χ0v) is 17.9. The van der Waals surface area contributed by atoms with Gasteiger partial charge in [0.05, 0.1) is 24.9 Å². The van der Waals surface area contributed by atoms with Crippen LogP contribution in [0.3, 0.4) is 0 Å². The van der Waals surface area contributed by atoms with Gasteiger partial charge in [-0.25, -0.2) is 4.39 Å². The Kier molecular flexibility index (Phi) is 6.77. The minimum Gasteiger partial charge on any atom is -0.467 e. The monoisotopic (exact) mass is 448 g/mol. The van der Waals surface area contributed by atoms with Crippen molar-refractivity contribution < 1.29 is 18.4 Å². The Hall–Kier alpha value is -3.71. The number of halogens is 1. The molecule has 4 aromatic rings. The number of hydrogen-bond donors (Lipinski definition) is 1. The lowest BCUT2D eigenvalue weighted by molar-refractivity contribution is -0.126. The first-order valence-electron chi connectivity index (χ1n) is 10.1. The number of carbonyl (C=O) groups is 2. The molecular weight excluding hydrogens is 427 g/mol. The van der Waals surface area contributed by atoms with Crippen molar-refractivity contribution in [2.24, 2.45) is 0 Å². The predicted molar refractivity (Wildman–Crippen MR) is 122 cm³/mol. The normalized spacial score (nSPS) is 11.7. The van der Waals surface area contributed by atoms with E-state index in [1.807, 2.05) is 23.6 Å². The number of amides is 2. The smallest absolute Gasteiger partial charge is 0.248 e. The quantitative estimate of drug-likeness (QED) is 0.407. The highest BCUT2D eigenvalue weighted by Crippen LogP contribution is 2.31. The molecule has 5 nitrogen and oxygen atoms in total. The van der Waals surface area contributed by atoms with Gasteiger partial charge in [-0.15, -0.1) is 11.3 Å². The van der Waals surface area contributed by atoms with Gasteiger partial charge in [-0.05, 0) is 41.3 Å². The molecule has 0 saturated heterocycles. The van der Waals surface area contributed by atoms with Crippen LogP contribution >= 0.6 is 11.3 Å². The second-order valence-electron chi connectivity index (χ2n) is 7.08. The summed E-state index contributed by atoms with van der Waals surface area (Å²) in [6.07, 6.45) is 1.58. The number of nitrogens with zero attached hydrogens (tertiary/aromatic N) is 1. The summed E-state index contributed by atoms with van der Waals surface area (Å²) in [5.74, 6) is -0.811. The maximum Gasteiger partial charge on any atom is 0.248 e. The van der Waals surface area contributed by atoms with Crippen LogP contribution in [0.15, 0.2) is 94.9 Å². The molecule has 7 heteroatoms. The SMILES string of the molecule is O=C(NCc1ccco1)[C@H](c1ccccc1)N(C(=O)Cc1cccs1)c1ccccc1F. The summed E-state index contributed by atoms with van der Waals surface area (Å²) in [4.78, 5) is 29.0. The van der Waals surface area contributed by atoms with Gasteiger partial charge in [0, 0.05) is 4.88 Å². The molecule has 4 rings (SSSR count). The third kappa shape index (κ3) is 4.95. The second kappa shape index (κ2) is 10.1. The standard InChI is InChI=1S/C25H21FN2O3S/c26-21-12-4-5-13-22(21)28(23(29)16-20-11-7-15-32-20)24(18-8-2-1-3-9-18)25(30)27-17-19-10-6-14-31-19/h1-15,24H,16-17H2,(H,27,30)/t24-/m0/s1. The van der Waals surface area contributed by atoms with Crippen LogP contribution in [-0.4, -0.2) is 11.8 Å². The van der Waals surface area contributed by atoms with Crippen molar-refractivity contribution in [3.63, 3.8) is 0 Å².